The van der Waals surface area contributed by atoms with Crippen LogP contribution in [0, 0.1) is 10.8 Å². The van der Waals surface area contributed by atoms with Gasteiger partial charge in [-0.3, -0.25) is 20.0 Å². The first-order chi connectivity index (χ1) is 20.5. The van der Waals surface area contributed by atoms with E-state index in [4.69, 9.17) is 0 Å². The van der Waals surface area contributed by atoms with E-state index < -0.39 is 0 Å². The number of aromatic nitrogens is 1. The summed E-state index contributed by atoms with van der Waals surface area (Å²) in [4.78, 5) is 30.8. The average Bonchev–Trinajstić information content (AvgIpc) is 2.90. The van der Waals surface area contributed by atoms with Crippen LogP contribution < -0.4 is 10.7 Å². The zero-order chi connectivity index (χ0) is 32.5. The van der Waals surface area contributed by atoms with Crippen LogP contribution in [-0.4, -0.2) is 34.4 Å². The first-order valence-corrected chi connectivity index (χ1v) is 15.9. The first kappa shape index (κ1) is 35.0. The van der Waals surface area contributed by atoms with Crippen LogP contribution in [0.3, 0.4) is 0 Å². The van der Waals surface area contributed by atoms with Crippen LogP contribution in [0.4, 0.5) is 0 Å². The normalized spacial score (nSPS) is 13.0. The molecule has 2 aromatic carbocycles. The van der Waals surface area contributed by atoms with Gasteiger partial charge in [0, 0.05) is 43.7 Å². The zero-order valence-electron chi connectivity index (χ0n) is 28.5. The minimum Gasteiger partial charge on any atom is -0.353 e. The van der Waals surface area contributed by atoms with Gasteiger partial charge in [0.05, 0.1) is 5.69 Å². The van der Waals surface area contributed by atoms with Gasteiger partial charge in [-0.25, -0.2) is 5.01 Å². The number of nitrogens with one attached hydrogen (secondary N) is 2. The minimum atomic E-state index is -0.132. The number of hydrogen-bond donors (Lipinski definition) is 2. The van der Waals surface area contributed by atoms with Crippen molar-refractivity contribution in [2.45, 2.75) is 106 Å². The van der Waals surface area contributed by atoms with Gasteiger partial charge in [0.1, 0.15) is 0 Å². The van der Waals surface area contributed by atoms with Crippen molar-refractivity contribution in [3.63, 3.8) is 0 Å². The standard InChI is InChI=1S/C38H54N4O2/c1-36(2,3)25-34(43)40-31(23-28-15-11-10-12-16-28)20-22-42(41-35(44)26-37(4,5)6)27-30-19-18-29(24-32(30)38(7,8)9)33-17-13-14-21-39-33/h10-19,21,24,31H,20,22-23,25-27H2,1-9H3,(H,40,43)(H,41,44)/t31-/m1/s1. The van der Waals surface area contributed by atoms with Crippen LogP contribution in [-0.2, 0) is 28.0 Å². The van der Waals surface area contributed by atoms with Crippen molar-refractivity contribution in [2.24, 2.45) is 10.8 Å². The molecular weight excluding hydrogens is 544 g/mol. The van der Waals surface area contributed by atoms with Crippen molar-refractivity contribution < 1.29 is 9.59 Å². The van der Waals surface area contributed by atoms with E-state index in [-0.39, 0.29) is 34.1 Å². The lowest BCUT2D eigenvalue weighted by Crippen LogP contribution is -2.46. The van der Waals surface area contributed by atoms with Gasteiger partial charge >= 0.3 is 0 Å². The number of pyridine rings is 1. The third kappa shape index (κ3) is 12.2. The molecule has 238 valence electrons. The molecule has 0 unspecified atom stereocenters. The van der Waals surface area contributed by atoms with Crippen LogP contribution in [0.2, 0.25) is 0 Å². The number of rotatable bonds is 12. The van der Waals surface area contributed by atoms with Gasteiger partial charge in [0.25, 0.3) is 0 Å². The molecule has 0 spiro atoms. The predicted molar refractivity (Wildman–Crippen MR) is 182 cm³/mol. The summed E-state index contributed by atoms with van der Waals surface area (Å²) in [7, 11) is 0. The fourth-order valence-electron chi connectivity index (χ4n) is 5.38. The maximum Gasteiger partial charge on any atom is 0.234 e. The molecule has 6 heteroatoms. The Hall–Kier alpha value is -3.51. The predicted octanol–water partition coefficient (Wildman–Crippen LogP) is 7.87. The van der Waals surface area contributed by atoms with Crippen molar-refractivity contribution in [1.82, 2.24) is 20.7 Å². The lowest BCUT2D eigenvalue weighted by molar-refractivity contribution is -0.128. The highest BCUT2D eigenvalue weighted by Gasteiger charge is 2.25. The Morgan fingerprint density at radius 2 is 1.43 bits per heavy atom. The second-order valence-electron chi connectivity index (χ2n) is 15.5. The number of amides is 2. The Morgan fingerprint density at radius 1 is 0.795 bits per heavy atom. The van der Waals surface area contributed by atoms with Gasteiger partial charge in [0.2, 0.25) is 11.8 Å². The average molecular weight is 599 g/mol. The highest BCUT2D eigenvalue weighted by Crippen LogP contribution is 2.31. The second kappa shape index (κ2) is 15.0. The second-order valence-corrected chi connectivity index (χ2v) is 15.5. The van der Waals surface area contributed by atoms with Gasteiger partial charge in [-0.05, 0) is 64.0 Å². The lowest BCUT2D eigenvalue weighted by atomic mass is 9.82. The molecule has 2 N–H and O–H groups in total. The molecule has 0 radical (unpaired) electrons. The van der Waals surface area contributed by atoms with Crippen molar-refractivity contribution in [3.8, 4) is 11.3 Å². The molecule has 44 heavy (non-hydrogen) atoms. The van der Waals surface area contributed by atoms with Gasteiger partial charge in [-0.15, -0.1) is 0 Å². The van der Waals surface area contributed by atoms with E-state index in [1.807, 2.05) is 47.6 Å². The number of carbonyl (C=O) groups excluding carboxylic acids is 2. The topological polar surface area (TPSA) is 74.3 Å². The molecule has 3 rings (SSSR count). The lowest BCUT2D eigenvalue weighted by Gasteiger charge is -2.31. The Labute approximate surface area is 266 Å². The molecule has 0 fully saturated rings. The molecular formula is C38H54N4O2. The van der Waals surface area contributed by atoms with Crippen LogP contribution in [0.25, 0.3) is 11.3 Å². The van der Waals surface area contributed by atoms with E-state index in [9.17, 15) is 9.59 Å². The van der Waals surface area contributed by atoms with Gasteiger partial charge < -0.3 is 5.32 Å². The van der Waals surface area contributed by atoms with E-state index in [1.54, 1.807) is 0 Å². The van der Waals surface area contributed by atoms with Gasteiger partial charge in [-0.1, -0.05) is 111 Å². The van der Waals surface area contributed by atoms with Crippen LogP contribution >= 0.6 is 0 Å². The smallest absolute Gasteiger partial charge is 0.234 e. The number of nitrogens with zero attached hydrogens (tertiary/aromatic N) is 2. The van der Waals surface area contributed by atoms with E-state index in [0.717, 1.165) is 23.2 Å². The highest BCUT2D eigenvalue weighted by atomic mass is 16.2. The molecule has 3 aromatic rings. The third-order valence-corrected chi connectivity index (χ3v) is 7.34. The van der Waals surface area contributed by atoms with Gasteiger partial charge in [-0.2, -0.15) is 0 Å². The summed E-state index contributed by atoms with van der Waals surface area (Å²) in [5, 5.41) is 5.34. The molecule has 0 aliphatic rings. The number of hydrazine groups is 1. The SMILES string of the molecule is CC(C)(C)CC(=O)N[C@H](CCN(Cc1ccc(-c2ccccn2)cc1C(C)(C)C)NC(=O)CC(C)(C)C)Cc1ccccc1. The molecule has 0 saturated carbocycles. The first-order valence-electron chi connectivity index (χ1n) is 15.9. The van der Waals surface area contributed by atoms with Crippen molar-refractivity contribution in [3.05, 3.63) is 89.6 Å². The van der Waals surface area contributed by atoms with Crippen LogP contribution in [0.5, 0.6) is 0 Å². The van der Waals surface area contributed by atoms with E-state index in [2.05, 4.69) is 108 Å². The minimum absolute atomic E-state index is 0.00343. The maximum atomic E-state index is 13.2. The molecule has 1 aromatic heterocycles. The monoisotopic (exact) mass is 598 g/mol. The van der Waals surface area contributed by atoms with E-state index in [1.165, 1.54) is 11.1 Å². The quantitative estimate of drug-likeness (QED) is 0.208. The van der Waals surface area contributed by atoms with Crippen molar-refractivity contribution in [1.29, 1.82) is 0 Å². The molecule has 0 bridgehead atoms. The summed E-state index contributed by atoms with van der Waals surface area (Å²) in [6.45, 7) is 20.3. The Bertz CT molecular complexity index is 1350. The molecule has 6 nitrogen and oxygen atoms in total. The summed E-state index contributed by atoms with van der Waals surface area (Å²) in [6, 6.07) is 22.7. The van der Waals surface area contributed by atoms with E-state index in [0.29, 0.717) is 32.4 Å². The highest BCUT2D eigenvalue weighted by molar-refractivity contribution is 5.77. The third-order valence-electron chi connectivity index (χ3n) is 7.34. The molecule has 1 atom stereocenters. The Morgan fingerprint density at radius 3 is 2.02 bits per heavy atom. The summed E-state index contributed by atoms with van der Waals surface area (Å²) in [6.07, 6.45) is 4.12. The molecule has 0 aliphatic heterocycles. The number of carbonyl (C=O) groups is 2. The van der Waals surface area contributed by atoms with Crippen molar-refractivity contribution in [2.75, 3.05) is 6.54 Å². The largest absolute Gasteiger partial charge is 0.353 e. The zero-order valence-corrected chi connectivity index (χ0v) is 28.5. The Balaban J connectivity index is 1.89. The fraction of sp³-hybridized carbons (Fsp3) is 0.500. The fourth-order valence-corrected chi connectivity index (χ4v) is 5.38. The van der Waals surface area contributed by atoms with Crippen LogP contribution in [0.1, 0.15) is 98.3 Å². The summed E-state index contributed by atoms with van der Waals surface area (Å²) < 4.78 is 0. The maximum absolute atomic E-state index is 13.2. The van der Waals surface area contributed by atoms with Crippen LogP contribution in [0.15, 0.2) is 72.9 Å². The molecule has 0 aliphatic carbocycles. The molecule has 2 amide bonds. The summed E-state index contributed by atoms with van der Waals surface area (Å²) in [5.41, 5.74) is 8.45. The molecule has 1 heterocycles. The number of benzene rings is 2. The Kier molecular flexibility index (Phi) is 11.9. The van der Waals surface area contributed by atoms with Gasteiger partial charge in [0.15, 0.2) is 0 Å². The summed E-state index contributed by atoms with van der Waals surface area (Å²) >= 11 is 0. The number of hydrogen-bond acceptors (Lipinski definition) is 4. The van der Waals surface area contributed by atoms with Crippen molar-refractivity contribution >= 4 is 11.8 Å². The van der Waals surface area contributed by atoms with E-state index >= 15 is 0 Å². The summed E-state index contributed by atoms with van der Waals surface area (Å²) in [5.74, 6) is 0.0539. The molecule has 0 saturated heterocycles.